The van der Waals surface area contributed by atoms with E-state index in [0.717, 1.165) is 16.7 Å². The predicted octanol–water partition coefficient (Wildman–Crippen LogP) is 1.57. The van der Waals surface area contributed by atoms with Crippen LogP contribution in [0, 0.1) is 20.8 Å². The van der Waals surface area contributed by atoms with Crippen molar-refractivity contribution in [1.82, 2.24) is 16.2 Å². The first-order chi connectivity index (χ1) is 12.8. The van der Waals surface area contributed by atoms with Crippen molar-refractivity contribution >= 4 is 17.7 Å². The SMILES string of the molecule is Cc1cccc(OCC(=O)NNC(=O)CNC(=O)c2ccc(C)c(C)c2)c1. The Kier molecular flexibility index (Phi) is 6.93. The van der Waals surface area contributed by atoms with Crippen LogP contribution in [0.5, 0.6) is 5.75 Å². The van der Waals surface area contributed by atoms with E-state index >= 15 is 0 Å². The second-order valence-corrected chi connectivity index (χ2v) is 6.18. The van der Waals surface area contributed by atoms with Gasteiger partial charge >= 0.3 is 0 Å². The van der Waals surface area contributed by atoms with Crippen molar-refractivity contribution in [1.29, 1.82) is 0 Å². The van der Waals surface area contributed by atoms with Crippen LogP contribution in [-0.4, -0.2) is 30.9 Å². The Bertz CT molecular complexity index is 849. The van der Waals surface area contributed by atoms with E-state index in [0.29, 0.717) is 11.3 Å². The second kappa shape index (κ2) is 9.38. The molecule has 0 aliphatic heterocycles. The Morgan fingerprint density at radius 1 is 0.889 bits per heavy atom. The molecule has 3 N–H and O–H groups in total. The molecule has 3 amide bonds. The lowest BCUT2D eigenvalue weighted by molar-refractivity contribution is -0.129. The first kappa shape index (κ1) is 20.0. The standard InChI is InChI=1S/C20H23N3O4/c1-13-5-4-6-17(9-13)27-12-19(25)23-22-18(24)11-21-20(26)16-8-7-14(2)15(3)10-16/h4-10H,11-12H2,1-3H3,(H,21,26)(H,22,24)(H,23,25). The highest BCUT2D eigenvalue weighted by atomic mass is 16.5. The van der Waals surface area contributed by atoms with Crippen LogP contribution < -0.4 is 20.9 Å². The fourth-order valence-electron chi connectivity index (χ4n) is 2.22. The summed E-state index contributed by atoms with van der Waals surface area (Å²) in [5.41, 5.74) is 8.02. The molecule has 0 fully saturated rings. The lowest BCUT2D eigenvalue weighted by atomic mass is 10.1. The van der Waals surface area contributed by atoms with Crippen molar-refractivity contribution in [3.8, 4) is 5.75 Å². The third kappa shape index (κ3) is 6.47. The Morgan fingerprint density at radius 2 is 1.63 bits per heavy atom. The molecule has 0 saturated carbocycles. The maximum Gasteiger partial charge on any atom is 0.276 e. The number of amides is 3. The van der Waals surface area contributed by atoms with Crippen LogP contribution in [0.4, 0.5) is 0 Å². The summed E-state index contributed by atoms with van der Waals surface area (Å²) in [6.07, 6.45) is 0. The first-order valence-corrected chi connectivity index (χ1v) is 8.48. The molecule has 0 heterocycles. The molecule has 27 heavy (non-hydrogen) atoms. The van der Waals surface area contributed by atoms with Crippen molar-refractivity contribution in [3.05, 3.63) is 64.7 Å². The number of hydrazine groups is 1. The van der Waals surface area contributed by atoms with Crippen LogP contribution in [0.15, 0.2) is 42.5 Å². The molecule has 142 valence electrons. The van der Waals surface area contributed by atoms with Gasteiger partial charge in [0.2, 0.25) is 0 Å². The van der Waals surface area contributed by atoms with E-state index in [2.05, 4.69) is 16.2 Å². The van der Waals surface area contributed by atoms with Gasteiger partial charge in [-0.05, 0) is 61.7 Å². The van der Waals surface area contributed by atoms with Gasteiger partial charge in [-0.15, -0.1) is 0 Å². The number of hydrogen-bond acceptors (Lipinski definition) is 4. The number of rotatable bonds is 6. The smallest absolute Gasteiger partial charge is 0.276 e. The van der Waals surface area contributed by atoms with Crippen LogP contribution in [0.1, 0.15) is 27.0 Å². The lowest BCUT2D eigenvalue weighted by Gasteiger charge is -2.10. The van der Waals surface area contributed by atoms with E-state index in [1.165, 1.54) is 0 Å². The summed E-state index contributed by atoms with van der Waals surface area (Å²) >= 11 is 0. The highest BCUT2D eigenvalue weighted by Gasteiger charge is 2.10. The van der Waals surface area contributed by atoms with Crippen LogP contribution in [0.3, 0.4) is 0 Å². The van der Waals surface area contributed by atoms with Gasteiger partial charge in [-0.25, -0.2) is 0 Å². The van der Waals surface area contributed by atoms with Crippen LogP contribution in [0.2, 0.25) is 0 Å². The fourth-order valence-corrected chi connectivity index (χ4v) is 2.22. The quantitative estimate of drug-likeness (QED) is 0.674. The summed E-state index contributed by atoms with van der Waals surface area (Å²) in [6.45, 7) is 5.28. The Morgan fingerprint density at radius 3 is 2.33 bits per heavy atom. The molecular weight excluding hydrogens is 346 g/mol. The third-order valence-corrected chi connectivity index (χ3v) is 3.88. The van der Waals surface area contributed by atoms with Crippen molar-refractivity contribution in [2.45, 2.75) is 20.8 Å². The molecule has 2 rings (SSSR count). The maximum atomic E-state index is 12.0. The summed E-state index contributed by atoms with van der Waals surface area (Å²) in [5.74, 6) is -0.846. The van der Waals surface area contributed by atoms with Crippen molar-refractivity contribution in [2.75, 3.05) is 13.2 Å². The molecule has 0 radical (unpaired) electrons. The minimum Gasteiger partial charge on any atom is -0.484 e. The number of carbonyl (C=O) groups is 3. The van der Waals surface area contributed by atoms with Gasteiger partial charge < -0.3 is 10.1 Å². The van der Waals surface area contributed by atoms with Gasteiger partial charge in [0, 0.05) is 5.56 Å². The molecule has 0 atom stereocenters. The van der Waals surface area contributed by atoms with Gasteiger partial charge in [0.1, 0.15) is 5.75 Å². The Hall–Kier alpha value is -3.35. The summed E-state index contributed by atoms with van der Waals surface area (Å²) in [5, 5.41) is 2.50. The number of benzene rings is 2. The minimum absolute atomic E-state index is 0.237. The summed E-state index contributed by atoms with van der Waals surface area (Å²) in [6, 6.07) is 12.6. The zero-order valence-corrected chi connectivity index (χ0v) is 15.6. The average molecular weight is 369 g/mol. The van der Waals surface area contributed by atoms with E-state index in [1.807, 2.05) is 39.0 Å². The summed E-state index contributed by atoms with van der Waals surface area (Å²) < 4.78 is 5.32. The van der Waals surface area contributed by atoms with Crippen LogP contribution in [-0.2, 0) is 9.59 Å². The molecule has 0 unspecified atom stereocenters. The number of carbonyl (C=O) groups excluding carboxylic acids is 3. The van der Waals surface area contributed by atoms with E-state index in [9.17, 15) is 14.4 Å². The first-order valence-electron chi connectivity index (χ1n) is 8.48. The average Bonchev–Trinajstić information content (AvgIpc) is 2.65. The Balaban J connectivity index is 1.70. The van der Waals surface area contributed by atoms with Crippen molar-refractivity contribution in [2.24, 2.45) is 0 Å². The number of aryl methyl sites for hydroxylation is 3. The van der Waals surface area contributed by atoms with Crippen molar-refractivity contribution < 1.29 is 19.1 Å². The minimum atomic E-state index is -0.545. The second-order valence-electron chi connectivity index (χ2n) is 6.18. The zero-order chi connectivity index (χ0) is 19.8. The van der Waals surface area contributed by atoms with E-state index in [4.69, 9.17) is 4.74 Å². The fraction of sp³-hybridized carbons (Fsp3) is 0.250. The molecule has 2 aromatic rings. The molecule has 7 nitrogen and oxygen atoms in total. The maximum absolute atomic E-state index is 12.0. The van der Waals surface area contributed by atoms with Crippen LogP contribution in [0.25, 0.3) is 0 Å². The third-order valence-electron chi connectivity index (χ3n) is 3.88. The van der Waals surface area contributed by atoms with Gasteiger partial charge in [0.25, 0.3) is 17.7 Å². The molecule has 0 bridgehead atoms. The van der Waals surface area contributed by atoms with E-state index in [-0.39, 0.29) is 19.1 Å². The van der Waals surface area contributed by atoms with Gasteiger partial charge in [0.05, 0.1) is 6.54 Å². The molecule has 7 heteroatoms. The molecule has 0 aliphatic carbocycles. The summed E-state index contributed by atoms with van der Waals surface area (Å²) in [4.78, 5) is 35.5. The van der Waals surface area contributed by atoms with Crippen LogP contribution >= 0.6 is 0 Å². The Labute approximate surface area is 158 Å². The predicted molar refractivity (Wildman–Crippen MR) is 101 cm³/mol. The monoisotopic (exact) mass is 369 g/mol. The molecular formula is C20H23N3O4. The largest absolute Gasteiger partial charge is 0.484 e. The molecule has 0 saturated heterocycles. The number of nitrogens with one attached hydrogen (secondary N) is 3. The number of ether oxygens (including phenoxy) is 1. The van der Waals surface area contributed by atoms with Gasteiger partial charge in [0.15, 0.2) is 6.61 Å². The van der Waals surface area contributed by atoms with E-state index in [1.54, 1.807) is 24.3 Å². The summed E-state index contributed by atoms with van der Waals surface area (Å²) in [7, 11) is 0. The van der Waals surface area contributed by atoms with Gasteiger partial charge in [-0.2, -0.15) is 0 Å². The molecule has 0 spiro atoms. The molecule has 2 aromatic carbocycles. The number of hydrogen-bond donors (Lipinski definition) is 3. The zero-order valence-electron chi connectivity index (χ0n) is 15.6. The molecule has 0 aliphatic rings. The van der Waals surface area contributed by atoms with Gasteiger partial charge in [-0.1, -0.05) is 18.2 Å². The topological polar surface area (TPSA) is 96.5 Å². The van der Waals surface area contributed by atoms with Gasteiger partial charge in [-0.3, -0.25) is 25.2 Å². The van der Waals surface area contributed by atoms with E-state index < -0.39 is 11.8 Å². The normalized spacial score (nSPS) is 10.0. The highest BCUT2D eigenvalue weighted by Crippen LogP contribution is 2.12. The van der Waals surface area contributed by atoms with Crippen molar-refractivity contribution in [3.63, 3.8) is 0 Å². The molecule has 0 aromatic heterocycles. The highest BCUT2D eigenvalue weighted by molar-refractivity contribution is 5.96. The lowest BCUT2D eigenvalue weighted by Crippen LogP contribution is -2.47.